The molecule has 6 nitrogen and oxygen atoms in total. The summed E-state index contributed by atoms with van der Waals surface area (Å²) in [6, 6.07) is 3.75. The summed E-state index contributed by atoms with van der Waals surface area (Å²) in [5.74, 6) is -1.76. The van der Waals surface area contributed by atoms with Crippen LogP contribution in [0.15, 0.2) is 29.2 Å². The van der Waals surface area contributed by atoms with Gasteiger partial charge in [-0.05, 0) is 25.0 Å². The number of carbonyl (C=O) groups is 1. The Hall–Kier alpha value is -1.74. The molecular weight excluding hydrogens is 308 g/mol. The molecule has 1 fully saturated rings. The van der Waals surface area contributed by atoms with Crippen molar-refractivity contribution in [3.63, 3.8) is 0 Å². The second kappa shape index (κ2) is 5.94. The number of carboxylic acid groups (broad SMARTS) is 1. The highest BCUT2D eigenvalue weighted by Gasteiger charge is 2.40. The van der Waals surface area contributed by atoms with Gasteiger partial charge in [0.1, 0.15) is 16.7 Å². The Morgan fingerprint density at radius 3 is 2.67 bits per heavy atom. The molecule has 1 aromatic rings. The van der Waals surface area contributed by atoms with Crippen molar-refractivity contribution in [2.45, 2.75) is 30.4 Å². The third-order valence-electron chi connectivity index (χ3n) is 3.14. The quantitative estimate of drug-likeness (QED) is 0.889. The molecule has 0 saturated carbocycles. The van der Waals surface area contributed by atoms with Gasteiger partial charge in [-0.15, -0.1) is 0 Å². The molecule has 1 N–H and O–H groups in total. The number of hydrogen-bond acceptors (Lipinski definition) is 4. The maximum atomic E-state index is 12.5. The zero-order valence-electron chi connectivity index (χ0n) is 10.8. The average Bonchev–Trinajstić information content (AvgIpc) is 2.88. The van der Waals surface area contributed by atoms with Crippen molar-refractivity contribution in [2.24, 2.45) is 0 Å². The number of carboxylic acids is 1. The minimum Gasteiger partial charge on any atom is -0.480 e. The van der Waals surface area contributed by atoms with Gasteiger partial charge in [-0.1, -0.05) is 12.1 Å². The van der Waals surface area contributed by atoms with Crippen molar-refractivity contribution in [1.29, 1.82) is 0 Å². The molecule has 1 aliphatic rings. The number of ether oxygens (including phenoxy) is 1. The van der Waals surface area contributed by atoms with Gasteiger partial charge in [-0.2, -0.15) is 13.1 Å². The summed E-state index contributed by atoms with van der Waals surface area (Å²) in [5, 5.41) is 9.05. The lowest BCUT2D eigenvalue weighted by atomic mass is 10.2. The van der Waals surface area contributed by atoms with Crippen LogP contribution >= 0.6 is 0 Å². The van der Waals surface area contributed by atoms with Crippen LogP contribution in [0, 0.1) is 0 Å². The van der Waals surface area contributed by atoms with Crippen molar-refractivity contribution in [3.8, 4) is 5.75 Å². The van der Waals surface area contributed by atoms with E-state index >= 15 is 0 Å². The molecule has 0 spiro atoms. The summed E-state index contributed by atoms with van der Waals surface area (Å²) in [6.07, 6.45) is 0.584. The summed E-state index contributed by atoms with van der Waals surface area (Å²) >= 11 is 0. The van der Waals surface area contributed by atoms with Gasteiger partial charge in [-0.3, -0.25) is 4.79 Å². The monoisotopic (exact) mass is 321 g/mol. The first-order valence-electron chi connectivity index (χ1n) is 6.12. The van der Waals surface area contributed by atoms with Crippen LogP contribution < -0.4 is 4.74 Å². The SMILES string of the molecule is O=C(O)C1CCCN1S(=O)(=O)c1ccccc1OC(F)F. The fourth-order valence-electron chi connectivity index (χ4n) is 2.26. The minimum atomic E-state index is -4.21. The van der Waals surface area contributed by atoms with Gasteiger partial charge in [0.2, 0.25) is 10.0 Å². The number of nitrogens with zero attached hydrogens (tertiary/aromatic N) is 1. The first-order chi connectivity index (χ1) is 9.84. The number of para-hydroxylation sites is 1. The lowest BCUT2D eigenvalue weighted by Crippen LogP contribution is -2.40. The van der Waals surface area contributed by atoms with Crippen molar-refractivity contribution in [2.75, 3.05) is 6.54 Å². The predicted octanol–water partition coefficient (Wildman–Crippen LogP) is 1.53. The van der Waals surface area contributed by atoms with E-state index in [1.54, 1.807) is 0 Å². The van der Waals surface area contributed by atoms with Gasteiger partial charge < -0.3 is 9.84 Å². The van der Waals surface area contributed by atoms with E-state index in [2.05, 4.69) is 4.74 Å². The molecule has 9 heteroatoms. The van der Waals surface area contributed by atoms with Gasteiger partial charge in [0.15, 0.2) is 0 Å². The van der Waals surface area contributed by atoms with E-state index in [0.29, 0.717) is 6.42 Å². The summed E-state index contributed by atoms with van der Waals surface area (Å²) in [4.78, 5) is 10.6. The smallest absolute Gasteiger partial charge is 0.387 e. The molecule has 1 aromatic carbocycles. The predicted molar refractivity (Wildman–Crippen MR) is 67.6 cm³/mol. The van der Waals surface area contributed by atoms with Crippen molar-refractivity contribution in [1.82, 2.24) is 4.31 Å². The lowest BCUT2D eigenvalue weighted by molar-refractivity contribution is -0.140. The average molecular weight is 321 g/mol. The molecule has 0 aliphatic carbocycles. The number of sulfonamides is 1. The van der Waals surface area contributed by atoms with Crippen LogP contribution in [0.25, 0.3) is 0 Å². The van der Waals surface area contributed by atoms with E-state index in [9.17, 15) is 22.0 Å². The number of halogens is 2. The highest BCUT2D eigenvalue weighted by Crippen LogP contribution is 2.32. The maximum Gasteiger partial charge on any atom is 0.387 e. The van der Waals surface area contributed by atoms with Crippen LogP contribution in [-0.2, 0) is 14.8 Å². The number of rotatable bonds is 5. The van der Waals surface area contributed by atoms with Crippen LogP contribution in [0.3, 0.4) is 0 Å². The molecule has 1 heterocycles. The highest BCUT2D eigenvalue weighted by atomic mass is 32.2. The highest BCUT2D eigenvalue weighted by molar-refractivity contribution is 7.89. The Morgan fingerprint density at radius 2 is 2.05 bits per heavy atom. The number of aliphatic carboxylic acids is 1. The van der Waals surface area contributed by atoms with Crippen LogP contribution in [-0.4, -0.2) is 43.0 Å². The molecule has 21 heavy (non-hydrogen) atoms. The van der Waals surface area contributed by atoms with E-state index in [-0.39, 0.29) is 13.0 Å². The second-order valence-corrected chi connectivity index (χ2v) is 6.30. The second-order valence-electron chi connectivity index (χ2n) is 4.44. The van der Waals surface area contributed by atoms with E-state index in [0.717, 1.165) is 16.4 Å². The maximum absolute atomic E-state index is 12.5. The van der Waals surface area contributed by atoms with Gasteiger partial charge in [0.05, 0.1) is 0 Å². The van der Waals surface area contributed by atoms with Gasteiger partial charge in [0.25, 0.3) is 0 Å². The molecule has 1 saturated heterocycles. The minimum absolute atomic E-state index is 0.0301. The first kappa shape index (κ1) is 15.6. The Morgan fingerprint density at radius 1 is 1.38 bits per heavy atom. The molecule has 0 radical (unpaired) electrons. The van der Waals surface area contributed by atoms with E-state index in [1.807, 2.05) is 0 Å². The Labute approximate surface area is 120 Å². The first-order valence-corrected chi connectivity index (χ1v) is 7.56. The molecule has 1 unspecified atom stereocenters. The molecule has 2 rings (SSSR count). The number of benzene rings is 1. The topological polar surface area (TPSA) is 83.9 Å². The van der Waals surface area contributed by atoms with Gasteiger partial charge in [-0.25, -0.2) is 8.42 Å². The standard InChI is InChI=1S/C12H13F2NO5S/c13-12(14)20-9-5-1-2-6-10(9)21(18,19)15-7-3-4-8(15)11(16)17/h1-2,5-6,8,12H,3-4,7H2,(H,16,17). The molecule has 1 aliphatic heterocycles. The summed E-state index contributed by atoms with van der Waals surface area (Å²) in [5.41, 5.74) is 0. The van der Waals surface area contributed by atoms with Crippen LogP contribution in [0.5, 0.6) is 5.75 Å². The number of alkyl halides is 2. The molecule has 0 bridgehead atoms. The lowest BCUT2D eigenvalue weighted by Gasteiger charge is -2.22. The zero-order chi connectivity index (χ0) is 15.6. The Balaban J connectivity index is 2.42. The van der Waals surface area contributed by atoms with E-state index in [1.165, 1.54) is 12.1 Å². The Kier molecular flexibility index (Phi) is 4.43. The molecule has 0 amide bonds. The molecule has 1 atom stereocenters. The van der Waals surface area contributed by atoms with Crippen molar-refractivity contribution in [3.05, 3.63) is 24.3 Å². The van der Waals surface area contributed by atoms with E-state index < -0.39 is 39.3 Å². The fraction of sp³-hybridized carbons (Fsp3) is 0.417. The largest absolute Gasteiger partial charge is 0.480 e. The van der Waals surface area contributed by atoms with Crippen molar-refractivity contribution >= 4 is 16.0 Å². The normalized spacial score (nSPS) is 19.9. The molecule has 0 aromatic heterocycles. The number of hydrogen-bond donors (Lipinski definition) is 1. The third kappa shape index (κ3) is 3.13. The summed E-state index contributed by atoms with van der Waals surface area (Å²) in [7, 11) is -4.21. The Bertz CT molecular complexity index is 634. The fourth-order valence-corrected chi connectivity index (χ4v) is 4.03. The third-order valence-corrected chi connectivity index (χ3v) is 5.09. The van der Waals surface area contributed by atoms with E-state index in [4.69, 9.17) is 5.11 Å². The van der Waals surface area contributed by atoms with Gasteiger partial charge in [0, 0.05) is 6.54 Å². The summed E-state index contributed by atoms with van der Waals surface area (Å²) in [6.45, 7) is -3.14. The van der Waals surface area contributed by atoms with Crippen LogP contribution in [0.4, 0.5) is 8.78 Å². The zero-order valence-corrected chi connectivity index (χ0v) is 11.6. The van der Waals surface area contributed by atoms with Crippen LogP contribution in [0.1, 0.15) is 12.8 Å². The van der Waals surface area contributed by atoms with Crippen LogP contribution in [0.2, 0.25) is 0 Å². The van der Waals surface area contributed by atoms with Gasteiger partial charge >= 0.3 is 12.6 Å². The van der Waals surface area contributed by atoms with Crippen molar-refractivity contribution < 1.29 is 31.8 Å². The molecular formula is C12H13F2NO5S. The molecule has 116 valence electrons. The summed E-state index contributed by atoms with van der Waals surface area (Å²) < 4.78 is 54.7.